The van der Waals surface area contributed by atoms with E-state index in [-0.39, 0.29) is 6.10 Å². The number of nitrogens with one attached hydrogen (secondary N) is 1. The van der Waals surface area contributed by atoms with Gasteiger partial charge < -0.3 is 14.5 Å². The molecule has 0 spiro atoms. The highest BCUT2D eigenvalue weighted by Gasteiger charge is 2.28. The molecule has 0 aromatic carbocycles. The molecule has 2 atom stereocenters. The van der Waals surface area contributed by atoms with E-state index in [4.69, 9.17) is 9.15 Å². The summed E-state index contributed by atoms with van der Waals surface area (Å²) in [4.78, 5) is 0. The first-order valence-corrected chi connectivity index (χ1v) is 6.78. The molecule has 0 radical (unpaired) electrons. The van der Waals surface area contributed by atoms with E-state index >= 15 is 0 Å². The summed E-state index contributed by atoms with van der Waals surface area (Å²) in [5.74, 6) is 1.94. The first-order valence-electron chi connectivity index (χ1n) is 6.78. The summed E-state index contributed by atoms with van der Waals surface area (Å²) in [6.45, 7) is 12.6. The Bertz CT molecular complexity index is 403. The minimum absolute atomic E-state index is 0.128. The van der Waals surface area contributed by atoms with E-state index in [9.17, 15) is 0 Å². The third-order valence-electron chi connectivity index (χ3n) is 3.32. The summed E-state index contributed by atoms with van der Waals surface area (Å²) in [5.41, 5.74) is 1.49. The zero-order chi connectivity index (χ0) is 13.3. The van der Waals surface area contributed by atoms with Gasteiger partial charge in [0.1, 0.15) is 11.5 Å². The van der Waals surface area contributed by atoms with Crippen LogP contribution in [-0.2, 0) is 4.74 Å². The van der Waals surface area contributed by atoms with Crippen molar-refractivity contribution in [3.63, 3.8) is 0 Å². The number of hydrogen-bond acceptors (Lipinski definition) is 3. The maximum atomic E-state index is 6.22. The third kappa shape index (κ3) is 3.36. The van der Waals surface area contributed by atoms with E-state index in [1.54, 1.807) is 0 Å². The fraction of sp³-hybridized carbons (Fsp3) is 0.733. The second-order valence-corrected chi connectivity index (χ2v) is 6.54. The van der Waals surface area contributed by atoms with Gasteiger partial charge in [0.05, 0.1) is 12.2 Å². The van der Waals surface area contributed by atoms with Gasteiger partial charge in [0.2, 0.25) is 0 Å². The van der Waals surface area contributed by atoms with Gasteiger partial charge in [0.25, 0.3) is 0 Å². The lowest BCUT2D eigenvalue weighted by Gasteiger charge is -2.34. The molecule has 0 aliphatic carbocycles. The van der Waals surface area contributed by atoms with Crippen molar-refractivity contribution >= 4 is 0 Å². The Kier molecular flexibility index (Phi) is 3.83. The van der Waals surface area contributed by atoms with Gasteiger partial charge in [0, 0.05) is 18.7 Å². The smallest absolute Gasteiger partial charge is 0.106 e. The molecule has 102 valence electrons. The molecule has 1 aliphatic rings. The summed E-state index contributed by atoms with van der Waals surface area (Å²) in [5, 5.41) is 3.48. The SMILES string of the molecule is Cc1cc(C2CNCC(CC(C)(C)C)O2)c(C)o1. The quantitative estimate of drug-likeness (QED) is 0.875. The van der Waals surface area contributed by atoms with Crippen LogP contribution in [0.15, 0.2) is 10.5 Å². The van der Waals surface area contributed by atoms with Crippen LogP contribution in [0.5, 0.6) is 0 Å². The molecule has 0 saturated carbocycles. The standard InChI is InChI=1S/C15H25NO2/c1-10-6-13(11(2)17-10)14-9-16-8-12(18-14)7-15(3,4)5/h6,12,14,16H,7-9H2,1-5H3. The highest BCUT2D eigenvalue weighted by molar-refractivity contribution is 5.23. The second kappa shape index (κ2) is 5.06. The molecule has 2 rings (SSSR count). The van der Waals surface area contributed by atoms with Crippen molar-refractivity contribution in [3.05, 3.63) is 23.2 Å². The van der Waals surface area contributed by atoms with Crippen LogP contribution in [0, 0.1) is 19.3 Å². The number of aryl methyl sites for hydroxylation is 2. The van der Waals surface area contributed by atoms with E-state index in [1.807, 2.05) is 13.8 Å². The van der Waals surface area contributed by atoms with Crippen molar-refractivity contribution in [2.45, 2.75) is 53.2 Å². The largest absolute Gasteiger partial charge is 0.466 e. The summed E-state index contributed by atoms with van der Waals surface area (Å²) >= 11 is 0. The molecule has 1 N–H and O–H groups in total. The maximum Gasteiger partial charge on any atom is 0.106 e. The van der Waals surface area contributed by atoms with Crippen LogP contribution >= 0.6 is 0 Å². The van der Waals surface area contributed by atoms with Gasteiger partial charge in [-0.1, -0.05) is 20.8 Å². The Morgan fingerprint density at radius 2 is 2.00 bits per heavy atom. The number of ether oxygens (including phenoxy) is 1. The van der Waals surface area contributed by atoms with E-state index in [2.05, 4.69) is 32.2 Å². The molecule has 2 heterocycles. The number of rotatable bonds is 2. The highest BCUT2D eigenvalue weighted by Crippen LogP contribution is 2.31. The van der Waals surface area contributed by atoms with Gasteiger partial charge in [-0.05, 0) is 31.7 Å². The van der Waals surface area contributed by atoms with E-state index < -0.39 is 0 Å². The topological polar surface area (TPSA) is 34.4 Å². The van der Waals surface area contributed by atoms with E-state index in [0.717, 1.165) is 31.0 Å². The van der Waals surface area contributed by atoms with Gasteiger partial charge in [-0.2, -0.15) is 0 Å². The number of furan rings is 1. The molecular weight excluding hydrogens is 226 g/mol. The molecule has 3 heteroatoms. The molecule has 1 aliphatic heterocycles. The monoisotopic (exact) mass is 251 g/mol. The fourth-order valence-electron chi connectivity index (χ4n) is 2.66. The van der Waals surface area contributed by atoms with Crippen LogP contribution in [0.4, 0.5) is 0 Å². The van der Waals surface area contributed by atoms with Crippen LogP contribution in [0.3, 0.4) is 0 Å². The van der Waals surface area contributed by atoms with Crippen molar-refractivity contribution < 1.29 is 9.15 Å². The van der Waals surface area contributed by atoms with Gasteiger partial charge in [-0.25, -0.2) is 0 Å². The molecule has 0 amide bonds. The predicted octanol–water partition coefficient (Wildman–Crippen LogP) is 3.36. The zero-order valence-electron chi connectivity index (χ0n) is 12.2. The Balaban J connectivity index is 2.05. The molecule has 1 aromatic rings. The Labute approximate surface area is 110 Å². The Hall–Kier alpha value is -0.800. The van der Waals surface area contributed by atoms with E-state index in [1.165, 1.54) is 5.56 Å². The van der Waals surface area contributed by atoms with Crippen molar-refractivity contribution in [1.82, 2.24) is 5.32 Å². The van der Waals surface area contributed by atoms with Crippen LogP contribution in [0.2, 0.25) is 0 Å². The van der Waals surface area contributed by atoms with Crippen LogP contribution in [0.25, 0.3) is 0 Å². The Morgan fingerprint density at radius 3 is 2.56 bits per heavy atom. The van der Waals surface area contributed by atoms with Gasteiger partial charge >= 0.3 is 0 Å². The summed E-state index contributed by atoms with van der Waals surface area (Å²) in [6, 6.07) is 2.10. The second-order valence-electron chi connectivity index (χ2n) is 6.54. The normalized spacial score (nSPS) is 25.4. The van der Waals surface area contributed by atoms with Gasteiger partial charge in [-0.15, -0.1) is 0 Å². The van der Waals surface area contributed by atoms with Crippen molar-refractivity contribution in [3.8, 4) is 0 Å². The minimum atomic E-state index is 0.128. The molecule has 2 unspecified atom stereocenters. The highest BCUT2D eigenvalue weighted by atomic mass is 16.5. The first kappa shape index (κ1) is 13.6. The van der Waals surface area contributed by atoms with Crippen LogP contribution < -0.4 is 5.32 Å². The zero-order valence-corrected chi connectivity index (χ0v) is 12.2. The van der Waals surface area contributed by atoms with E-state index in [0.29, 0.717) is 11.5 Å². The average molecular weight is 251 g/mol. The molecule has 1 saturated heterocycles. The predicted molar refractivity (Wildman–Crippen MR) is 72.7 cm³/mol. The fourth-order valence-corrected chi connectivity index (χ4v) is 2.66. The van der Waals surface area contributed by atoms with Crippen molar-refractivity contribution in [1.29, 1.82) is 0 Å². The molecule has 18 heavy (non-hydrogen) atoms. The summed E-state index contributed by atoms with van der Waals surface area (Å²) in [6.07, 6.45) is 1.49. The molecule has 3 nitrogen and oxygen atoms in total. The Morgan fingerprint density at radius 1 is 1.28 bits per heavy atom. The number of morpholine rings is 1. The van der Waals surface area contributed by atoms with Crippen LogP contribution in [-0.4, -0.2) is 19.2 Å². The number of hydrogen-bond donors (Lipinski definition) is 1. The third-order valence-corrected chi connectivity index (χ3v) is 3.32. The van der Waals surface area contributed by atoms with Gasteiger partial charge in [-0.3, -0.25) is 0 Å². The molecule has 1 fully saturated rings. The molecule has 1 aromatic heterocycles. The lowest BCUT2D eigenvalue weighted by Crippen LogP contribution is -2.42. The maximum absolute atomic E-state index is 6.22. The van der Waals surface area contributed by atoms with Crippen molar-refractivity contribution in [2.75, 3.05) is 13.1 Å². The lowest BCUT2D eigenvalue weighted by atomic mass is 9.88. The summed E-state index contributed by atoms with van der Waals surface area (Å²) < 4.78 is 11.8. The molecular formula is C15H25NO2. The first-order chi connectivity index (χ1) is 8.35. The van der Waals surface area contributed by atoms with Gasteiger partial charge in [0.15, 0.2) is 0 Å². The molecule has 0 bridgehead atoms. The summed E-state index contributed by atoms with van der Waals surface area (Å²) in [7, 11) is 0. The van der Waals surface area contributed by atoms with Crippen LogP contribution in [0.1, 0.15) is 50.4 Å². The average Bonchev–Trinajstić information content (AvgIpc) is 2.55. The van der Waals surface area contributed by atoms with Crippen molar-refractivity contribution in [2.24, 2.45) is 5.41 Å². The minimum Gasteiger partial charge on any atom is -0.466 e. The lowest BCUT2D eigenvalue weighted by molar-refractivity contribution is -0.0557.